The molecule has 4 nitrogen and oxygen atoms in total. The average molecular weight is 280 g/mol. The maximum Gasteiger partial charge on any atom is 0.307 e. The second kappa shape index (κ2) is 8.02. The number of hydrogen-bond acceptors (Lipinski definition) is 3. The van der Waals surface area contributed by atoms with Crippen LogP contribution in [0.2, 0.25) is 0 Å². The zero-order valence-electron chi connectivity index (χ0n) is 12.7. The van der Waals surface area contributed by atoms with Crippen molar-refractivity contribution in [3.63, 3.8) is 0 Å². The van der Waals surface area contributed by atoms with Gasteiger partial charge in [-0.05, 0) is 49.4 Å². The molecule has 0 heterocycles. The Morgan fingerprint density at radius 3 is 2.45 bits per heavy atom. The molecule has 0 saturated carbocycles. The molecule has 0 aliphatic carbocycles. The lowest BCUT2D eigenvalue weighted by Crippen LogP contribution is -2.09. The van der Waals surface area contributed by atoms with Gasteiger partial charge in [-0.2, -0.15) is 0 Å². The first kappa shape index (κ1) is 16.7. The molecule has 0 aromatic heterocycles. The van der Waals surface area contributed by atoms with E-state index in [-0.39, 0.29) is 12.5 Å². The smallest absolute Gasteiger partial charge is 0.307 e. The Morgan fingerprint density at radius 1 is 1.25 bits per heavy atom. The van der Waals surface area contributed by atoms with Crippen molar-refractivity contribution in [3.05, 3.63) is 34.4 Å². The van der Waals surface area contributed by atoms with Crippen LogP contribution in [-0.2, 0) is 27.3 Å². The molecule has 112 valence electrons. The Bertz CT molecular complexity index is 454. The summed E-state index contributed by atoms with van der Waals surface area (Å²) in [7, 11) is 1.69. The van der Waals surface area contributed by atoms with Crippen LogP contribution in [0.3, 0.4) is 0 Å². The van der Waals surface area contributed by atoms with E-state index in [1.54, 1.807) is 7.11 Å². The third-order valence-corrected chi connectivity index (χ3v) is 3.46. The van der Waals surface area contributed by atoms with Crippen LogP contribution in [0.15, 0.2) is 12.1 Å². The summed E-state index contributed by atoms with van der Waals surface area (Å²) >= 11 is 0. The summed E-state index contributed by atoms with van der Waals surface area (Å²) in [6.45, 7) is 7.15. The van der Waals surface area contributed by atoms with E-state index in [4.69, 9.17) is 14.6 Å². The van der Waals surface area contributed by atoms with E-state index in [9.17, 15) is 4.79 Å². The number of hydrogen-bond donors (Lipinski definition) is 1. The van der Waals surface area contributed by atoms with Crippen molar-refractivity contribution in [3.8, 4) is 0 Å². The standard InChI is InChI=1S/C16H24O4/c1-11-8-15(10-20-6-5-13(3)19-4)12(2)7-14(11)9-16(17)18/h7-8,13H,5-6,9-10H2,1-4H3,(H,17,18). The quantitative estimate of drug-likeness (QED) is 0.744. The molecule has 1 aromatic carbocycles. The van der Waals surface area contributed by atoms with Crippen molar-refractivity contribution in [1.29, 1.82) is 0 Å². The Morgan fingerprint density at radius 2 is 1.85 bits per heavy atom. The fourth-order valence-electron chi connectivity index (χ4n) is 1.99. The van der Waals surface area contributed by atoms with Crippen LogP contribution in [0.5, 0.6) is 0 Å². The summed E-state index contributed by atoms with van der Waals surface area (Å²) in [5.74, 6) is -0.801. The normalized spacial score (nSPS) is 12.4. The van der Waals surface area contributed by atoms with Crippen molar-refractivity contribution in [2.75, 3.05) is 13.7 Å². The number of rotatable bonds is 8. The summed E-state index contributed by atoms with van der Waals surface area (Å²) < 4.78 is 10.8. The topological polar surface area (TPSA) is 55.8 Å². The van der Waals surface area contributed by atoms with Gasteiger partial charge in [-0.1, -0.05) is 12.1 Å². The number of aliphatic carboxylic acids is 1. The van der Waals surface area contributed by atoms with Gasteiger partial charge < -0.3 is 14.6 Å². The first-order valence-corrected chi connectivity index (χ1v) is 6.85. The van der Waals surface area contributed by atoms with Gasteiger partial charge in [0, 0.05) is 13.7 Å². The highest BCUT2D eigenvalue weighted by molar-refractivity contribution is 5.71. The summed E-state index contributed by atoms with van der Waals surface area (Å²) in [6, 6.07) is 3.97. The molecular weight excluding hydrogens is 256 g/mol. The molecule has 0 bridgehead atoms. The van der Waals surface area contributed by atoms with Crippen LogP contribution in [0.1, 0.15) is 35.6 Å². The van der Waals surface area contributed by atoms with Gasteiger partial charge in [0.1, 0.15) is 0 Å². The van der Waals surface area contributed by atoms with E-state index in [2.05, 4.69) is 0 Å². The molecule has 20 heavy (non-hydrogen) atoms. The van der Waals surface area contributed by atoms with Crippen LogP contribution in [0, 0.1) is 13.8 Å². The molecule has 1 rings (SSSR count). The van der Waals surface area contributed by atoms with Crippen LogP contribution >= 0.6 is 0 Å². The highest BCUT2D eigenvalue weighted by Crippen LogP contribution is 2.18. The van der Waals surface area contributed by atoms with Crippen LogP contribution < -0.4 is 0 Å². The molecule has 0 saturated heterocycles. The monoisotopic (exact) mass is 280 g/mol. The molecule has 0 spiro atoms. The van der Waals surface area contributed by atoms with Gasteiger partial charge in [-0.15, -0.1) is 0 Å². The molecule has 1 N–H and O–H groups in total. The second-order valence-electron chi connectivity index (χ2n) is 5.16. The van der Waals surface area contributed by atoms with Gasteiger partial charge in [-0.3, -0.25) is 4.79 Å². The van der Waals surface area contributed by atoms with E-state index in [0.717, 1.165) is 28.7 Å². The molecule has 0 fully saturated rings. The van der Waals surface area contributed by atoms with Crippen molar-refractivity contribution >= 4 is 5.97 Å². The Kier molecular flexibility index (Phi) is 6.68. The molecule has 0 aliphatic rings. The van der Waals surface area contributed by atoms with E-state index >= 15 is 0 Å². The number of aryl methyl sites for hydroxylation is 2. The molecule has 1 aromatic rings. The minimum atomic E-state index is -0.801. The van der Waals surface area contributed by atoms with Gasteiger partial charge in [-0.25, -0.2) is 0 Å². The zero-order valence-corrected chi connectivity index (χ0v) is 12.7. The van der Waals surface area contributed by atoms with E-state index in [0.29, 0.717) is 13.2 Å². The number of ether oxygens (including phenoxy) is 2. The maximum atomic E-state index is 10.8. The molecule has 0 amide bonds. The van der Waals surface area contributed by atoms with Gasteiger partial charge in [0.15, 0.2) is 0 Å². The summed E-state index contributed by atoms with van der Waals surface area (Å²) in [6.07, 6.45) is 1.14. The van der Waals surface area contributed by atoms with Crippen LogP contribution in [0.25, 0.3) is 0 Å². The predicted octanol–water partition coefficient (Wildman–Crippen LogP) is 2.87. The number of benzene rings is 1. The molecular formula is C16H24O4. The van der Waals surface area contributed by atoms with Crippen molar-refractivity contribution in [1.82, 2.24) is 0 Å². The summed E-state index contributed by atoms with van der Waals surface area (Å²) in [5.41, 5.74) is 4.06. The van der Waals surface area contributed by atoms with E-state index in [1.807, 2.05) is 32.9 Å². The number of methoxy groups -OCH3 is 1. The van der Waals surface area contributed by atoms with Gasteiger partial charge in [0.05, 0.1) is 19.1 Å². The summed E-state index contributed by atoms with van der Waals surface area (Å²) in [5, 5.41) is 8.86. The lowest BCUT2D eigenvalue weighted by molar-refractivity contribution is -0.136. The molecule has 1 unspecified atom stereocenters. The lowest BCUT2D eigenvalue weighted by Gasteiger charge is -2.13. The van der Waals surface area contributed by atoms with Crippen molar-refractivity contribution < 1.29 is 19.4 Å². The SMILES string of the molecule is COC(C)CCOCc1cc(C)c(CC(=O)O)cc1C. The molecule has 0 radical (unpaired) electrons. The first-order chi connectivity index (χ1) is 9.43. The first-order valence-electron chi connectivity index (χ1n) is 6.85. The second-order valence-corrected chi connectivity index (χ2v) is 5.16. The lowest BCUT2D eigenvalue weighted by atomic mass is 9.98. The number of carboxylic acid groups (broad SMARTS) is 1. The molecule has 1 atom stereocenters. The maximum absolute atomic E-state index is 10.8. The average Bonchev–Trinajstić information content (AvgIpc) is 2.38. The molecule has 0 aliphatic heterocycles. The van der Waals surface area contributed by atoms with Gasteiger partial charge in [0.25, 0.3) is 0 Å². The van der Waals surface area contributed by atoms with E-state index < -0.39 is 5.97 Å². The van der Waals surface area contributed by atoms with Gasteiger partial charge in [0.2, 0.25) is 0 Å². The van der Waals surface area contributed by atoms with Crippen molar-refractivity contribution in [2.24, 2.45) is 0 Å². The number of carboxylic acids is 1. The van der Waals surface area contributed by atoms with Crippen LogP contribution in [-0.4, -0.2) is 30.9 Å². The van der Waals surface area contributed by atoms with Crippen molar-refractivity contribution in [2.45, 2.75) is 46.3 Å². The fraction of sp³-hybridized carbons (Fsp3) is 0.562. The predicted molar refractivity (Wildman–Crippen MR) is 78.0 cm³/mol. The Labute approximate surface area is 120 Å². The highest BCUT2D eigenvalue weighted by Gasteiger charge is 2.08. The Balaban J connectivity index is 2.59. The third-order valence-electron chi connectivity index (χ3n) is 3.46. The van der Waals surface area contributed by atoms with Crippen LogP contribution in [0.4, 0.5) is 0 Å². The van der Waals surface area contributed by atoms with E-state index in [1.165, 1.54) is 0 Å². The minimum absolute atomic E-state index is 0.0686. The zero-order chi connectivity index (χ0) is 15.1. The largest absolute Gasteiger partial charge is 0.481 e. The minimum Gasteiger partial charge on any atom is -0.481 e. The number of carbonyl (C=O) groups is 1. The molecule has 4 heteroatoms. The fourth-order valence-corrected chi connectivity index (χ4v) is 1.99. The van der Waals surface area contributed by atoms with Gasteiger partial charge >= 0.3 is 5.97 Å². The summed E-state index contributed by atoms with van der Waals surface area (Å²) in [4.78, 5) is 10.8. The Hall–Kier alpha value is -1.39. The highest BCUT2D eigenvalue weighted by atomic mass is 16.5. The third kappa shape index (κ3) is 5.31.